The lowest BCUT2D eigenvalue weighted by molar-refractivity contribution is 0.00553. The van der Waals surface area contributed by atoms with Gasteiger partial charge in [0.25, 0.3) is 0 Å². The Morgan fingerprint density at radius 2 is 2.00 bits per heavy atom. The second kappa shape index (κ2) is 7.45. The van der Waals surface area contributed by atoms with Crippen LogP contribution in [0.25, 0.3) is 0 Å². The van der Waals surface area contributed by atoms with Crippen molar-refractivity contribution >= 4 is 5.97 Å². The van der Waals surface area contributed by atoms with Gasteiger partial charge >= 0.3 is 5.97 Å². The van der Waals surface area contributed by atoms with E-state index in [9.17, 15) is 9.59 Å². The summed E-state index contributed by atoms with van der Waals surface area (Å²) in [5.41, 5.74) is 1.54. The maximum atomic E-state index is 12.3. The van der Waals surface area contributed by atoms with Gasteiger partial charge in [-0.1, -0.05) is 30.3 Å². The van der Waals surface area contributed by atoms with Crippen LogP contribution in [0.2, 0.25) is 0 Å². The highest BCUT2D eigenvalue weighted by molar-refractivity contribution is 5.89. The Labute approximate surface area is 141 Å². The fourth-order valence-corrected chi connectivity index (χ4v) is 3.03. The third kappa shape index (κ3) is 4.11. The number of esters is 1. The van der Waals surface area contributed by atoms with Crippen molar-refractivity contribution in [2.24, 2.45) is 7.05 Å². The van der Waals surface area contributed by atoms with Gasteiger partial charge in [0, 0.05) is 32.4 Å². The summed E-state index contributed by atoms with van der Waals surface area (Å²) in [5, 5.41) is 0. The highest BCUT2D eigenvalue weighted by Gasteiger charge is 2.23. The first kappa shape index (κ1) is 16.5. The summed E-state index contributed by atoms with van der Waals surface area (Å²) in [5.74, 6) is -0.364. The van der Waals surface area contributed by atoms with E-state index in [1.54, 1.807) is 7.05 Å². The van der Waals surface area contributed by atoms with E-state index >= 15 is 0 Å². The van der Waals surface area contributed by atoms with Crippen molar-refractivity contribution in [3.63, 3.8) is 0 Å². The van der Waals surface area contributed by atoms with Crippen LogP contribution < -0.4 is 5.56 Å². The third-order valence-electron chi connectivity index (χ3n) is 4.31. The van der Waals surface area contributed by atoms with Gasteiger partial charge in [0.2, 0.25) is 5.56 Å². The third-order valence-corrected chi connectivity index (χ3v) is 4.31. The minimum Gasteiger partial charge on any atom is -0.457 e. The van der Waals surface area contributed by atoms with E-state index in [0.717, 1.165) is 32.5 Å². The summed E-state index contributed by atoms with van der Waals surface area (Å²) in [6.45, 7) is 2.63. The van der Waals surface area contributed by atoms with Crippen LogP contribution in [0.4, 0.5) is 0 Å². The molecule has 0 spiro atoms. The maximum absolute atomic E-state index is 12.3. The molecule has 0 bridgehead atoms. The van der Waals surface area contributed by atoms with Crippen LogP contribution in [0.3, 0.4) is 0 Å². The molecule has 5 heteroatoms. The Morgan fingerprint density at radius 3 is 2.75 bits per heavy atom. The molecule has 1 aromatic heterocycles. The molecule has 1 atom stereocenters. The number of hydrogen-bond donors (Lipinski definition) is 0. The Bertz CT molecular complexity index is 755. The smallest absolute Gasteiger partial charge is 0.339 e. The van der Waals surface area contributed by atoms with Crippen molar-refractivity contribution in [2.45, 2.75) is 25.5 Å². The molecule has 1 saturated heterocycles. The molecule has 1 aromatic carbocycles. The second-order valence-corrected chi connectivity index (χ2v) is 6.26. The summed E-state index contributed by atoms with van der Waals surface area (Å²) >= 11 is 0. The molecule has 1 fully saturated rings. The number of nitrogens with zero attached hydrogens (tertiary/aromatic N) is 2. The molecular weight excluding hydrogens is 304 g/mol. The van der Waals surface area contributed by atoms with E-state index < -0.39 is 0 Å². The van der Waals surface area contributed by atoms with Gasteiger partial charge in [0.1, 0.15) is 6.10 Å². The van der Waals surface area contributed by atoms with Crippen LogP contribution >= 0.6 is 0 Å². The summed E-state index contributed by atoms with van der Waals surface area (Å²) in [6.07, 6.45) is 3.31. The largest absolute Gasteiger partial charge is 0.457 e. The fourth-order valence-electron chi connectivity index (χ4n) is 3.03. The zero-order chi connectivity index (χ0) is 16.9. The molecule has 0 radical (unpaired) electrons. The van der Waals surface area contributed by atoms with E-state index in [-0.39, 0.29) is 17.6 Å². The van der Waals surface area contributed by atoms with Gasteiger partial charge in [-0.15, -0.1) is 0 Å². The summed E-state index contributed by atoms with van der Waals surface area (Å²) < 4.78 is 7.03. The summed E-state index contributed by atoms with van der Waals surface area (Å²) in [6, 6.07) is 13.2. The van der Waals surface area contributed by atoms with Crippen molar-refractivity contribution in [1.29, 1.82) is 0 Å². The predicted octanol–water partition coefficient (Wildman–Crippen LogP) is 2.21. The van der Waals surface area contributed by atoms with Gasteiger partial charge in [-0.05, 0) is 31.0 Å². The molecule has 0 unspecified atom stereocenters. The first-order valence-corrected chi connectivity index (χ1v) is 8.26. The number of piperidine rings is 1. The van der Waals surface area contributed by atoms with Gasteiger partial charge in [-0.25, -0.2) is 4.79 Å². The average Bonchev–Trinajstić information content (AvgIpc) is 2.58. The molecule has 0 N–H and O–H groups in total. The van der Waals surface area contributed by atoms with Crippen LogP contribution in [0.5, 0.6) is 0 Å². The molecule has 3 rings (SSSR count). The van der Waals surface area contributed by atoms with Crippen LogP contribution in [-0.4, -0.2) is 34.6 Å². The standard InChI is InChI=1S/C19H22N2O3/c1-20-13-16(9-10-18(20)22)19(23)24-17-8-5-11-21(14-17)12-15-6-3-2-4-7-15/h2-4,6-7,9-10,13,17H,5,8,11-12,14H2,1H3/t17-/m0/s1. The molecule has 24 heavy (non-hydrogen) atoms. The molecule has 0 aliphatic carbocycles. The number of likely N-dealkylation sites (tertiary alicyclic amines) is 1. The Morgan fingerprint density at radius 1 is 1.21 bits per heavy atom. The van der Waals surface area contributed by atoms with Gasteiger partial charge in [-0.3, -0.25) is 9.69 Å². The number of aryl methyl sites for hydroxylation is 1. The van der Waals surface area contributed by atoms with Gasteiger partial charge in [0.05, 0.1) is 5.56 Å². The van der Waals surface area contributed by atoms with Crippen molar-refractivity contribution < 1.29 is 9.53 Å². The van der Waals surface area contributed by atoms with Crippen molar-refractivity contribution in [3.8, 4) is 0 Å². The monoisotopic (exact) mass is 326 g/mol. The molecule has 2 heterocycles. The highest BCUT2D eigenvalue weighted by Crippen LogP contribution is 2.17. The van der Waals surface area contributed by atoms with Crippen LogP contribution in [0, 0.1) is 0 Å². The molecule has 5 nitrogen and oxygen atoms in total. The van der Waals surface area contributed by atoms with Crippen molar-refractivity contribution in [3.05, 3.63) is 70.1 Å². The number of pyridine rings is 1. The number of benzene rings is 1. The van der Waals surface area contributed by atoms with Gasteiger partial charge in [0.15, 0.2) is 0 Å². The van der Waals surface area contributed by atoms with Crippen LogP contribution in [0.15, 0.2) is 53.5 Å². The Hall–Kier alpha value is -2.40. The maximum Gasteiger partial charge on any atom is 0.339 e. The van der Waals surface area contributed by atoms with E-state index in [1.165, 1.54) is 28.5 Å². The Balaban J connectivity index is 1.59. The van der Waals surface area contributed by atoms with Crippen LogP contribution in [-0.2, 0) is 18.3 Å². The molecular formula is C19H22N2O3. The summed E-state index contributed by atoms with van der Waals surface area (Å²) in [4.78, 5) is 26.0. The lowest BCUT2D eigenvalue weighted by atomic mass is 10.1. The van der Waals surface area contributed by atoms with E-state index in [1.807, 2.05) is 18.2 Å². The normalized spacial score (nSPS) is 18.3. The minimum atomic E-state index is -0.364. The average molecular weight is 326 g/mol. The molecule has 2 aromatic rings. The highest BCUT2D eigenvalue weighted by atomic mass is 16.5. The first-order chi connectivity index (χ1) is 11.6. The van der Waals surface area contributed by atoms with Crippen LogP contribution in [0.1, 0.15) is 28.8 Å². The number of aromatic nitrogens is 1. The minimum absolute atomic E-state index is 0.104. The SMILES string of the molecule is Cn1cc(C(=O)O[C@H]2CCCN(Cc3ccccc3)C2)ccc1=O. The topological polar surface area (TPSA) is 51.5 Å². The van der Waals surface area contributed by atoms with E-state index in [2.05, 4.69) is 17.0 Å². The number of carbonyl (C=O) groups excluding carboxylic acids is 1. The molecule has 126 valence electrons. The lowest BCUT2D eigenvalue weighted by Crippen LogP contribution is -2.40. The molecule has 1 aliphatic heterocycles. The Kier molecular flexibility index (Phi) is 5.11. The van der Waals surface area contributed by atoms with Gasteiger partial charge in [-0.2, -0.15) is 0 Å². The lowest BCUT2D eigenvalue weighted by Gasteiger charge is -2.32. The van der Waals surface area contributed by atoms with E-state index in [0.29, 0.717) is 5.56 Å². The van der Waals surface area contributed by atoms with E-state index in [4.69, 9.17) is 4.74 Å². The van der Waals surface area contributed by atoms with Crippen molar-refractivity contribution in [2.75, 3.05) is 13.1 Å². The van der Waals surface area contributed by atoms with Gasteiger partial charge < -0.3 is 9.30 Å². The number of hydrogen-bond acceptors (Lipinski definition) is 4. The summed E-state index contributed by atoms with van der Waals surface area (Å²) in [7, 11) is 1.63. The molecule has 0 amide bonds. The molecule has 0 saturated carbocycles. The second-order valence-electron chi connectivity index (χ2n) is 6.26. The predicted molar refractivity (Wildman–Crippen MR) is 91.8 cm³/mol. The zero-order valence-corrected chi connectivity index (χ0v) is 13.9. The zero-order valence-electron chi connectivity index (χ0n) is 13.9. The molecule has 1 aliphatic rings. The number of carbonyl (C=O) groups is 1. The fraction of sp³-hybridized carbons (Fsp3) is 0.368. The first-order valence-electron chi connectivity index (χ1n) is 8.26. The van der Waals surface area contributed by atoms with Crippen molar-refractivity contribution in [1.82, 2.24) is 9.47 Å². The number of rotatable bonds is 4. The number of ether oxygens (including phenoxy) is 1. The quantitative estimate of drug-likeness (QED) is 0.809.